The minimum absolute atomic E-state index is 0.255. The van der Waals surface area contributed by atoms with Crippen LogP contribution in [0.5, 0.6) is 5.75 Å². The van der Waals surface area contributed by atoms with Gasteiger partial charge in [0, 0.05) is 22.6 Å². The fourth-order valence-corrected chi connectivity index (χ4v) is 6.59. The van der Waals surface area contributed by atoms with Crippen molar-refractivity contribution in [2.24, 2.45) is 0 Å². The molecule has 0 atom stereocenters. The monoisotopic (exact) mass is 581 g/mol. The number of carboxylic acids is 1. The Kier molecular flexibility index (Phi) is 7.34. The Morgan fingerprint density at radius 1 is 0.818 bits per heavy atom. The van der Waals surface area contributed by atoms with E-state index in [4.69, 9.17) is 14.7 Å². The standard InChI is InChI=1S/C38H35N3O3/c1-3-24-9-11-25(12-10-24)31-17-16-30(44-2)23-32(31)34-19-13-26-21-27(14-18-33(26)39-34)37-40-35-22-28(38(42)43)15-20-36(35)41(37)29-7-5-4-6-8-29/h9-23,29H,3-8H2,1-2H3,(H,42,43). The zero-order chi connectivity index (χ0) is 30.2. The quantitative estimate of drug-likeness (QED) is 0.203. The zero-order valence-corrected chi connectivity index (χ0v) is 25.1. The van der Waals surface area contributed by atoms with Gasteiger partial charge in [0.1, 0.15) is 11.6 Å². The van der Waals surface area contributed by atoms with Gasteiger partial charge in [0.15, 0.2) is 0 Å². The molecule has 0 spiro atoms. The van der Waals surface area contributed by atoms with Crippen molar-refractivity contribution in [3.63, 3.8) is 0 Å². The smallest absolute Gasteiger partial charge is 0.335 e. The van der Waals surface area contributed by atoms with Crippen molar-refractivity contribution < 1.29 is 14.6 Å². The highest BCUT2D eigenvalue weighted by Crippen LogP contribution is 2.38. The van der Waals surface area contributed by atoms with Crippen molar-refractivity contribution in [1.82, 2.24) is 14.5 Å². The molecule has 1 saturated carbocycles. The second-order valence-electron chi connectivity index (χ2n) is 11.7. The molecule has 0 unspecified atom stereocenters. The first-order chi connectivity index (χ1) is 21.5. The van der Waals surface area contributed by atoms with Gasteiger partial charge < -0.3 is 14.4 Å². The van der Waals surface area contributed by atoms with Crippen LogP contribution in [0.15, 0.2) is 91.0 Å². The molecule has 2 heterocycles. The van der Waals surface area contributed by atoms with Crippen LogP contribution in [0.25, 0.3) is 55.7 Å². The molecule has 0 saturated heterocycles. The topological polar surface area (TPSA) is 77.2 Å². The second kappa shape index (κ2) is 11.6. The number of methoxy groups -OCH3 is 1. The van der Waals surface area contributed by atoms with Crippen LogP contribution >= 0.6 is 0 Å². The van der Waals surface area contributed by atoms with Crippen LogP contribution in [-0.4, -0.2) is 32.7 Å². The first-order valence-corrected chi connectivity index (χ1v) is 15.5. The summed E-state index contributed by atoms with van der Waals surface area (Å²) in [7, 11) is 1.69. The van der Waals surface area contributed by atoms with E-state index in [-0.39, 0.29) is 5.56 Å². The molecule has 2 aromatic heterocycles. The molecule has 0 amide bonds. The molecule has 1 aliphatic carbocycles. The number of nitrogens with zero attached hydrogens (tertiary/aromatic N) is 3. The fourth-order valence-electron chi connectivity index (χ4n) is 6.59. The highest BCUT2D eigenvalue weighted by atomic mass is 16.5. The van der Waals surface area contributed by atoms with Crippen LogP contribution in [0.2, 0.25) is 0 Å². The molecule has 6 nitrogen and oxygen atoms in total. The minimum atomic E-state index is -0.939. The SMILES string of the molecule is CCc1ccc(-c2ccc(OC)cc2-c2ccc3cc(-c4nc5cc(C(=O)O)ccc5n4C4CCCCC4)ccc3n2)cc1. The van der Waals surface area contributed by atoms with E-state index in [0.29, 0.717) is 6.04 Å². The van der Waals surface area contributed by atoms with Crippen molar-refractivity contribution in [3.05, 3.63) is 102 Å². The van der Waals surface area contributed by atoms with Crippen LogP contribution in [0.1, 0.15) is 61.0 Å². The number of aromatic carboxylic acids is 1. The van der Waals surface area contributed by atoms with Gasteiger partial charge in [0.05, 0.1) is 34.9 Å². The van der Waals surface area contributed by atoms with Crippen LogP contribution in [0.4, 0.5) is 0 Å². The number of fused-ring (bicyclic) bond motifs is 2. The first-order valence-electron chi connectivity index (χ1n) is 15.5. The number of imidazole rings is 1. The predicted octanol–water partition coefficient (Wildman–Crippen LogP) is 9.36. The Morgan fingerprint density at radius 2 is 1.61 bits per heavy atom. The normalized spacial score (nSPS) is 13.9. The summed E-state index contributed by atoms with van der Waals surface area (Å²) in [5.74, 6) is 0.732. The fraction of sp³-hybridized carbons (Fsp3) is 0.237. The lowest BCUT2D eigenvalue weighted by molar-refractivity contribution is 0.0697. The van der Waals surface area contributed by atoms with Gasteiger partial charge in [0.2, 0.25) is 0 Å². The summed E-state index contributed by atoms with van der Waals surface area (Å²) in [6.45, 7) is 2.17. The van der Waals surface area contributed by atoms with Gasteiger partial charge in [-0.05, 0) is 90.6 Å². The largest absolute Gasteiger partial charge is 0.497 e. The van der Waals surface area contributed by atoms with Gasteiger partial charge in [-0.3, -0.25) is 0 Å². The Balaban J connectivity index is 1.32. The molecule has 44 heavy (non-hydrogen) atoms. The number of hydrogen-bond donors (Lipinski definition) is 1. The maximum Gasteiger partial charge on any atom is 0.335 e. The maximum atomic E-state index is 11.7. The number of ether oxygens (including phenoxy) is 1. The summed E-state index contributed by atoms with van der Waals surface area (Å²) in [6.07, 6.45) is 6.84. The summed E-state index contributed by atoms with van der Waals surface area (Å²) in [6, 6.07) is 31.0. The van der Waals surface area contributed by atoms with Crippen LogP contribution in [0, 0.1) is 0 Å². The number of carboxylic acid groups (broad SMARTS) is 1. The van der Waals surface area contributed by atoms with Gasteiger partial charge in [-0.25, -0.2) is 14.8 Å². The lowest BCUT2D eigenvalue weighted by Gasteiger charge is -2.25. The highest BCUT2D eigenvalue weighted by molar-refractivity contribution is 5.94. The van der Waals surface area contributed by atoms with E-state index in [0.717, 1.165) is 80.7 Å². The summed E-state index contributed by atoms with van der Waals surface area (Å²) in [4.78, 5) is 21.8. The molecule has 0 bridgehead atoms. The lowest BCUT2D eigenvalue weighted by atomic mass is 9.94. The molecular weight excluding hydrogens is 546 g/mol. The average Bonchev–Trinajstić information content (AvgIpc) is 3.47. The molecule has 4 aromatic carbocycles. The molecule has 7 rings (SSSR count). The van der Waals surface area contributed by atoms with Crippen LogP contribution in [-0.2, 0) is 6.42 Å². The minimum Gasteiger partial charge on any atom is -0.497 e. The van der Waals surface area contributed by atoms with Crippen molar-refractivity contribution in [3.8, 4) is 39.5 Å². The van der Waals surface area contributed by atoms with E-state index >= 15 is 0 Å². The second-order valence-corrected chi connectivity index (χ2v) is 11.7. The Hall–Kier alpha value is -4.97. The predicted molar refractivity (Wildman–Crippen MR) is 176 cm³/mol. The van der Waals surface area contributed by atoms with Crippen LogP contribution in [0.3, 0.4) is 0 Å². The van der Waals surface area contributed by atoms with Crippen molar-refractivity contribution >= 4 is 27.9 Å². The molecule has 1 fully saturated rings. The third kappa shape index (κ3) is 5.11. The molecule has 6 aromatic rings. The Bertz CT molecular complexity index is 2000. The van der Waals surface area contributed by atoms with Gasteiger partial charge in [-0.1, -0.05) is 62.6 Å². The van der Waals surface area contributed by atoms with Crippen LogP contribution < -0.4 is 4.74 Å². The number of aryl methyl sites for hydroxylation is 1. The molecule has 0 radical (unpaired) electrons. The van der Waals surface area contributed by atoms with E-state index < -0.39 is 5.97 Å². The van der Waals surface area contributed by atoms with E-state index in [1.165, 1.54) is 24.8 Å². The summed E-state index contributed by atoms with van der Waals surface area (Å²) in [5, 5.41) is 10.6. The average molecular weight is 582 g/mol. The molecule has 1 aliphatic rings. The Morgan fingerprint density at radius 3 is 2.36 bits per heavy atom. The van der Waals surface area contributed by atoms with Crippen molar-refractivity contribution in [2.45, 2.75) is 51.5 Å². The lowest BCUT2D eigenvalue weighted by Crippen LogP contribution is -2.14. The third-order valence-electron chi connectivity index (χ3n) is 9.00. The van der Waals surface area contributed by atoms with E-state index in [2.05, 4.69) is 78.2 Å². The highest BCUT2D eigenvalue weighted by Gasteiger charge is 2.23. The summed E-state index contributed by atoms with van der Waals surface area (Å²) < 4.78 is 7.94. The number of pyridine rings is 1. The van der Waals surface area contributed by atoms with Crippen molar-refractivity contribution in [1.29, 1.82) is 0 Å². The van der Waals surface area contributed by atoms with E-state index in [9.17, 15) is 9.90 Å². The van der Waals surface area contributed by atoms with E-state index in [1.54, 1.807) is 19.2 Å². The number of hydrogen-bond acceptors (Lipinski definition) is 4. The molecular formula is C38H35N3O3. The summed E-state index contributed by atoms with van der Waals surface area (Å²) in [5.41, 5.74) is 9.33. The molecule has 1 N–H and O–H groups in total. The van der Waals surface area contributed by atoms with Gasteiger partial charge in [-0.2, -0.15) is 0 Å². The van der Waals surface area contributed by atoms with E-state index in [1.807, 2.05) is 12.1 Å². The molecule has 6 heteroatoms. The van der Waals surface area contributed by atoms with Crippen molar-refractivity contribution in [2.75, 3.05) is 7.11 Å². The maximum absolute atomic E-state index is 11.7. The molecule has 0 aliphatic heterocycles. The third-order valence-corrected chi connectivity index (χ3v) is 9.00. The number of rotatable bonds is 7. The number of carbonyl (C=O) groups is 1. The van der Waals surface area contributed by atoms with Gasteiger partial charge in [0.25, 0.3) is 0 Å². The summed E-state index contributed by atoms with van der Waals surface area (Å²) >= 11 is 0. The number of benzene rings is 4. The number of aromatic nitrogens is 3. The first kappa shape index (κ1) is 27.8. The van der Waals surface area contributed by atoms with Gasteiger partial charge >= 0.3 is 5.97 Å². The zero-order valence-electron chi connectivity index (χ0n) is 25.1. The Labute approximate surface area is 257 Å². The van der Waals surface area contributed by atoms with Gasteiger partial charge in [-0.15, -0.1) is 0 Å². The molecule has 220 valence electrons.